The molecule has 0 amide bonds. The van der Waals surface area contributed by atoms with Gasteiger partial charge >= 0.3 is 0 Å². The van der Waals surface area contributed by atoms with E-state index < -0.39 is 0 Å². The van der Waals surface area contributed by atoms with E-state index in [2.05, 4.69) is 19.9 Å². The highest BCUT2D eigenvalue weighted by molar-refractivity contribution is 5.81. The third-order valence-corrected chi connectivity index (χ3v) is 9.58. The Hall–Kier alpha value is -1.48. The van der Waals surface area contributed by atoms with Gasteiger partial charge < -0.3 is 5.11 Å². The molecule has 0 radical (unpaired) electrons. The van der Waals surface area contributed by atoms with Crippen LogP contribution in [0.2, 0.25) is 0 Å². The van der Waals surface area contributed by atoms with Crippen molar-refractivity contribution in [3.8, 4) is 0 Å². The average Bonchev–Trinajstić information content (AvgIpc) is 3.06. The summed E-state index contributed by atoms with van der Waals surface area (Å²) >= 11 is 0. The van der Waals surface area contributed by atoms with Gasteiger partial charge in [0.15, 0.2) is 12.4 Å². The Morgan fingerprint density at radius 3 is 2.66 bits per heavy atom. The molecule has 3 nitrogen and oxygen atoms in total. The molecular weight excluding hydrogens is 358 g/mol. The molecule has 0 spiro atoms. The van der Waals surface area contributed by atoms with Crippen molar-refractivity contribution in [1.82, 2.24) is 0 Å². The number of aliphatic hydroxyl groups excluding tert-OH is 1. The fourth-order valence-corrected chi connectivity index (χ4v) is 8.00. The molecule has 156 valence electrons. The number of aromatic nitrogens is 1. The summed E-state index contributed by atoms with van der Waals surface area (Å²) in [6.45, 7) is 5.43. The lowest BCUT2D eigenvalue weighted by Gasteiger charge is -2.57. The van der Waals surface area contributed by atoms with E-state index >= 15 is 0 Å². The maximum Gasteiger partial charge on any atom is 0.206 e. The number of carbonyl (C=O) groups excluding carboxylic acids is 1. The first-order valence-corrected chi connectivity index (χ1v) is 11.8. The molecule has 29 heavy (non-hydrogen) atoms. The molecule has 3 saturated carbocycles. The van der Waals surface area contributed by atoms with Gasteiger partial charge in [-0.05, 0) is 80.0 Å². The number of fused-ring (bicyclic) bond motifs is 5. The summed E-state index contributed by atoms with van der Waals surface area (Å²) in [7, 11) is 0. The van der Waals surface area contributed by atoms with E-state index in [0.717, 1.165) is 43.9 Å². The van der Waals surface area contributed by atoms with Crippen molar-refractivity contribution in [1.29, 1.82) is 0 Å². The van der Waals surface area contributed by atoms with E-state index in [1.807, 2.05) is 35.2 Å². The number of pyridine rings is 1. The summed E-state index contributed by atoms with van der Waals surface area (Å²) in [5, 5.41) is 10.2. The maximum absolute atomic E-state index is 13.3. The van der Waals surface area contributed by atoms with E-state index in [-0.39, 0.29) is 22.9 Å². The smallest absolute Gasteiger partial charge is 0.206 e. The second-order valence-corrected chi connectivity index (χ2v) is 10.8. The summed E-state index contributed by atoms with van der Waals surface area (Å²) in [4.78, 5) is 13.3. The van der Waals surface area contributed by atoms with Gasteiger partial charge in [-0.1, -0.05) is 31.6 Å². The van der Waals surface area contributed by atoms with Crippen LogP contribution in [0, 0.1) is 34.5 Å². The van der Waals surface area contributed by atoms with E-state index in [4.69, 9.17) is 0 Å². The monoisotopic (exact) mass is 394 g/mol. The molecule has 1 N–H and O–H groups in total. The predicted octanol–water partition coefficient (Wildman–Crippen LogP) is 4.48. The van der Waals surface area contributed by atoms with Gasteiger partial charge in [0.25, 0.3) is 0 Å². The highest BCUT2D eigenvalue weighted by Gasteiger charge is 2.59. The number of ketones is 1. The second-order valence-electron chi connectivity index (χ2n) is 10.8. The molecule has 3 heteroatoms. The zero-order chi connectivity index (χ0) is 20.2. The van der Waals surface area contributed by atoms with Gasteiger partial charge in [-0.3, -0.25) is 4.79 Å². The van der Waals surface area contributed by atoms with E-state index in [9.17, 15) is 9.90 Å². The number of hydrogen-bond acceptors (Lipinski definition) is 2. The van der Waals surface area contributed by atoms with Crippen LogP contribution in [0.4, 0.5) is 0 Å². The number of rotatable bonds is 3. The van der Waals surface area contributed by atoms with E-state index in [1.54, 1.807) is 0 Å². The zero-order valence-electron chi connectivity index (χ0n) is 18.0. The van der Waals surface area contributed by atoms with E-state index in [0.29, 0.717) is 18.2 Å². The number of carbonyl (C=O) groups is 1. The van der Waals surface area contributed by atoms with Crippen LogP contribution in [-0.2, 0) is 11.3 Å². The minimum Gasteiger partial charge on any atom is -0.393 e. The maximum atomic E-state index is 13.3. The van der Waals surface area contributed by atoms with Crippen LogP contribution in [0.25, 0.3) is 0 Å². The van der Waals surface area contributed by atoms with Crippen LogP contribution < -0.4 is 4.57 Å². The SMILES string of the molecule is C[C@]12CC[C@H]3[C@@H](CC=C4C[C@@H](O)CC[C@@]43C)[C@@H]1CC[C@@H]2C(=O)C[n+]1ccccc1. The van der Waals surface area contributed by atoms with E-state index in [1.165, 1.54) is 24.8 Å². The summed E-state index contributed by atoms with van der Waals surface area (Å²) < 4.78 is 2.04. The van der Waals surface area contributed by atoms with Gasteiger partial charge in [0, 0.05) is 18.1 Å². The van der Waals surface area contributed by atoms with Gasteiger partial charge in [0.2, 0.25) is 12.3 Å². The highest BCUT2D eigenvalue weighted by atomic mass is 16.3. The Balaban J connectivity index is 1.38. The average molecular weight is 395 g/mol. The molecule has 3 fully saturated rings. The minimum absolute atomic E-state index is 0.135. The summed E-state index contributed by atoms with van der Waals surface area (Å²) in [5.74, 6) is 2.79. The highest BCUT2D eigenvalue weighted by Crippen LogP contribution is 2.66. The second kappa shape index (κ2) is 7.04. The zero-order valence-corrected chi connectivity index (χ0v) is 18.0. The largest absolute Gasteiger partial charge is 0.393 e. The van der Waals surface area contributed by atoms with Crippen LogP contribution in [0.3, 0.4) is 0 Å². The topological polar surface area (TPSA) is 41.2 Å². The molecule has 0 unspecified atom stereocenters. The third kappa shape index (κ3) is 3.03. The molecule has 5 rings (SSSR count). The van der Waals surface area contributed by atoms with Crippen LogP contribution in [-0.4, -0.2) is 17.0 Å². The summed E-state index contributed by atoms with van der Waals surface area (Å²) in [5.41, 5.74) is 1.99. The quantitative estimate of drug-likeness (QED) is 0.606. The van der Waals surface area contributed by atoms with Crippen molar-refractivity contribution in [3.05, 3.63) is 42.2 Å². The van der Waals surface area contributed by atoms with Gasteiger partial charge in [-0.15, -0.1) is 0 Å². The van der Waals surface area contributed by atoms with Crippen molar-refractivity contribution in [3.63, 3.8) is 0 Å². The number of hydrogen-bond donors (Lipinski definition) is 1. The van der Waals surface area contributed by atoms with Crippen LogP contribution >= 0.6 is 0 Å². The standard InChI is InChI=1S/C26H36NO2/c1-25-12-10-19(28)16-18(25)6-7-20-21-8-9-23(26(21,2)13-11-22(20)25)24(29)17-27-14-4-3-5-15-27/h3-6,14-15,19-23,28H,7-13,16-17H2,1-2H3/q+1/t19-,20-,21-,22-,23+,25-,26-/m0/s1. The molecule has 4 aliphatic rings. The number of Topliss-reactive ketones (excluding diaryl/α,β-unsaturated/α-hetero) is 1. The fraction of sp³-hybridized carbons (Fsp3) is 0.692. The van der Waals surface area contributed by atoms with Crippen LogP contribution in [0.5, 0.6) is 0 Å². The van der Waals surface area contributed by atoms with Crippen molar-refractivity contribution in [2.75, 3.05) is 0 Å². The molecule has 1 aromatic rings. The van der Waals surface area contributed by atoms with Gasteiger partial charge in [0.1, 0.15) is 0 Å². The number of aliphatic hydroxyl groups is 1. The summed E-state index contributed by atoms with van der Waals surface area (Å²) in [6.07, 6.45) is 15.3. The molecule has 0 saturated heterocycles. The van der Waals surface area contributed by atoms with Gasteiger partial charge in [-0.25, -0.2) is 0 Å². The third-order valence-electron chi connectivity index (χ3n) is 9.58. The molecule has 0 aliphatic heterocycles. The molecule has 0 bridgehead atoms. The molecule has 1 aromatic heterocycles. The fourth-order valence-electron chi connectivity index (χ4n) is 8.00. The molecule has 1 heterocycles. The lowest BCUT2D eigenvalue weighted by atomic mass is 9.47. The Kier molecular flexibility index (Phi) is 4.73. The van der Waals surface area contributed by atoms with Crippen LogP contribution in [0.1, 0.15) is 65.2 Å². The first-order valence-electron chi connectivity index (χ1n) is 11.8. The van der Waals surface area contributed by atoms with Gasteiger partial charge in [-0.2, -0.15) is 4.57 Å². The number of nitrogens with zero attached hydrogens (tertiary/aromatic N) is 1. The van der Waals surface area contributed by atoms with Crippen molar-refractivity contribution >= 4 is 5.78 Å². The minimum atomic E-state index is -0.135. The lowest BCUT2D eigenvalue weighted by Crippen LogP contribution is -2.51. The summed E-state index contributed by atoms with van der Waals surface area (Å²) in [6, 6.07) is 6.02. The molecule has 7 atom stereocenters. The first kappa shape index (κ1) is 19.5. The first-order chi connectivity index (χ1) is 13.9. The Morgan fingerprint density at radius 2 is 1.86 bits per heavy atom. The normalized spacial score (nSPS) is 43.7. The Morgan fingerprint density at radius 1 is 1.07 bits per heavy atom. The number of allylic oxidation sites excluding steroid dienone is 1. The van der Waals surface area contributed by atoms with Crippen molar-refractivity contribution in [2.24, 2.45) is 34.5 Å². The van der Waals surface area contributed by atoms with Gasteiger partial charge in [0.05, 0.1) is 6.10 Å². The Labute approximate surface area is 175 Å². The van der Waals surface area contributed by atoms with Crippen molar-refractivity contribution in [2.45, 2.75) is 77.9 Å². The molecular formula is C26H36NO2+. The van der Waals surface area contributed by atoms with Crippen molar-refractivity contribution < 1.29 is 14.5 Å². The van der Waals surface area contributed by atoms with Crippen LogP contribution in [0.15, 0.2) is 42.2 Å². The Bertz CT molecular complexity index is 817. The predicted molar refractivity (Wildman–Crippen MR) is 113 cm³/mol. The lowest BCUT2D eigenvalue weighted by molar-refractivity contribution is -0.684. The molecule has 4 aliphatic carbocycles. The molecule has 0 aromatic carbocycles.